The van der Waals surface area contributed by atoms with Crippen molar-refractivity contribution in [3.63, 3.8) is 0 Å². The van der Waals surface area contributed by atoms with E-state index in [4.69, 9.17) is 9.15 Å². The molecule has 0 aliphatic carbocycles. The van der Waals surface area contributed by atoms with Gasteiger partial charge in [-0.1, -0.05) is 0 Å². The van der Waals surface area contributed by atoms with Gasteiger partial charge >= 0.3 is 5.63 Å². The van der Waals surface area contributed by atoms with E-state index in [0.717, 1.165) is 35.2 Å². The molecule has 1 aromatic carbocycles. The Morgan fingerprint density at radius 1 is 1.29 bits per heavy atom. The van der Waals surface area contributed by atoms with Crippen LogP contribution in [0.15, 0.2) is 21.3 Å². The Kier molecular flexibility index (Phi) is 4.63. The van der Waals surface area contributed by atoms with Crippen LogP contribution in [0.1, 0.15) is 16.7 Å². The first-order chi connectivity index (χ1) is 9.45. The lowest BCUT2D eigenvalue weighted by molar-refractivity contribution is 0.183. The molecule has 1 aliphatic rings. The van der Waals surface area contributed by atoms with Crippen LogP contribution in [0.25, 0.3) is 11.0 Å². The second-order valence-electron chi connectivity index (χ2n) is 5.82. The molecular weight excluding hydrogens is 381 g/mol. The van der Waals surface area contributed by atoms with Gasteiger partial charge in [-0.3, -0.25) is 0 Å². The van der Waals surface area contributed by atoms with Crippen LogP contribution >= 0.6 is 24.0 Å². The molecule has 0 N–H and O–H groups in total. The predicted octanol–water partition coefficient (Wildman–Crippen LogP) is 2.89. The maximum atomic E-state index is 11.6. The average molecular weight is 401 g/mol. The Hall–Kier alpha value is -1.08. The molecule has 0 saturated carbocycles. The van der Waals surface area contributed by atoms with Gasteiger partial charge in [-0.25, -0.2) is 4.79 Å². The third-order valence-corrected chi connectivity index (χ3v) is 3.80. The van der Waals surface area contributed by atoms with Gasteiger partial charge in [-0.2, -0.15) is 0 Å². The molecule has 0 saturated heterocycles. The number of hydrogen-bond acceptors (Lipinski definition) is 4. The third-order valence-electron chi connectivity index (χ3n) is 3.80. The lowest BCUT2D eigenvalue weighted by Gasteiger charge is -2.16. The lowest BCUT2D eigenvalue weighted by atomic mass is 10.0. The van der Waals surface area contributed by atoms with Gasteiger partial charge in [0.15, 0.2) is 0 Å². The molecule has 0 fully saturated rings. The fourth-order valence-electron chi connectivity index (χ4n) is 2.94. The summed E-state index contributed by atoms with van der Waals surface area (Å²) in [6.45, 7) is 4.78. The first-order valence-electron chi connectivity index (χ1n) is 6.84. The van der Waals surface area contributed by atoms with E-state index in [1.807, 2.05) is 27.9 Å². The van der Waals surface area contributed by atoms with Crippen LogP contribution in [-0.2, 0) is 6.42 Å². The Labute approximate surface area is 141 Å². The van der Waals surface area contributed by atoms with E-state index in [2.05, 4.69) is 11.0 Å². The van der Waals surface area contributed by atoms with Crippen molar-refractivity contribution in [2.75, 3.05) is 20.6 Å². The minimum atomic E-state index is -0.305. The van der Waals surface area contributed by atoms with Gasteiger partial charge in [0.1, 0.15) is 17.4 Å². The lowest BCUT2D eigenvalue weighted by Crippen LogP contribution is -2.29. The van der Waals surface area contributed by atoms with Crippen LogP contribution in [0.5, 0.6) is 5.75 Å². The molecule has 21 heavy (non-hydrogen) atoms. The number of benzene rings is 1. The van der Waals surface area contributed by atoms with Crippen molar-refractivity contribution in [2.45, 2.75) is 26.4 Å². The number of halogens is 1. The zero-order chi connectivity index (χ0) is 14.4. The van der Waals surface area contributed by atoms with E-state index < -0.39 is 0 Å². The average Bonchev–Trinajstić information content (AvgIpc) is 2.73. The van der Waals surface area contributed by atoms with Crippen molar-refractivity contribution >= 4 is 34.9 Å². The van der Waals surface area contributed by atoms with Crippen LogP contribution < -0.4 is 10.4 Å². The first kappa shape index (κ1) is 16.3. The standard InChI is InChI=1S/C16H19NO3.HI/c1-9-5-14(18)20-16-10(2)15-11(7-13(9)16)6-12(19-15)8-17(3)4;/h5,7,12H,6,8H2,1-4H3;1H. The summed E-state index contributed by atoms with van der Waals surface area (Å²) >= 11 is 0. The highest BCUT2D eigenvalue weighted by Gasteiger charge is 2.27. The maximum Gasteiger partial charge on any atom is 0.336 e. The summed E-state index contributed by atoms with van der Waals surface area (Å²) in [4.78, 5) is 13.7. The number of hydrogen-bond donors (Lipinski definition) is 0. The molecular formula is C16H20INO3. The minimum absolute atomic E-state index is 0. The summed E-state index contributed by atoms with van der Waals surface area (Å²) in [5, 5.41) is 1.01. The molecule has 1 aromatic heterocycles. The maximum absolute atomic E-state index is 11.6. The molecule has 1 unspecified atom stereocenters. The van der Waals surface area contributed by atoms with E-state index in [1.165, 1.54) is 5.56 Å². The Bertz CT molecular complexity index is 736. The number of nitrogens with zero attached hydrogens (tertiary/aromatic N) is 1. The summed E-state index contributed by atoms with van der Waals surface area (Å²) in [6, 6.07) is 3.65. The van der Waals surface area contributed by atoms with Gasteiger partial charge in [0, 0.05) is 30.0 Å². The summed E-state index contributed by atoms with van der Waals surface area (Å²) in [5.41, 5.74) is 3.44. The molecule has 1 atom stereocenters. The summed E-state index contributed by atoms with van der Waals surface area (Å²) < 4.78 is 11.4. The van der Waals surface area contributed by atoms with Gasteiger partial charge in [-0.15, -0.1) is 24.0 Å². The van der Waals surface area contributed by atoms with Gasteiger partial charge in [-0.05, 0) is 45.1 Å². The number of fused-ring (bicyclic) bond motifs is 2. The Balaban J connectivity index is 0.00000161. The number of ether oxygens (including phenoxy) is 1. The Morgan fingerprint density at radius 3 is 2.67 bits per heavy atom. The molecule has 2 aromatic rings. The first-order valence-corrected chi connectivity index (χ1v) is 6.84. The predicted molar refractivity (Wildman–Crippen MR) is 94.0 cm³/mol. The highest BCUT2D eigenvalue weighted by molar-refractivity contribution is 14.0. The SMILES string of the molecule is Cc1cc(=O)oc2c(C)c3c(cc12)CC(CN(C)C)O3.I. The second-order valence-corrected chi connectivity index (χ2v) is 5.82. The van der Waals surface area contributed by atoms with Gasteiger partial charge in [0.25, 0.3) is 0 Å². The molecule has 0 bridgehead atoms. The van der Waals surface area contributed by atoms with Crippen LogP contribution in [-0.4, -0.2) is 31.6 Å². The van der Waals surface area contributed by atoms with Crippen LogP contribution in [0, 0.1) is 13.8 Å². The molecule has 3 rings (SSSR count). The van der Waals surface area contributed by atoms with E-state index in [9.17, 15) is 4.79 Å². The van der Waals surface area contributed by atoms with Gasteiger partial charge in [0.05, 0.1) is 0 Å². The molecule has 0 radical (unpaired) electrons. The highest BCUT2D eigenvalue weighted by Crippen LogP contribution is 2.37. The van der Waals surface area contributed by atoms with Crippen molar-refractivity contribution < 1.29 is 9.15 Å². The number of aryl methyl sites for hydroxylation is 2. The smallest absolute Gasteiger partial charge is 0.336 e. The molecule has 1 aliphatic heterocycles. The van der Waals surface area contributed by atoms with E-state index in [0.29, 0.717) is 5.58 Å². The number of likely N-dealkylation sites (N-methyl/N-ethyl adjacent to an activating group) is 1. The fourth-order valence-corrected chi connectivity index (χ4v) is 2.94. The van der Waals surface area contributed by atoms with Crippen molar-refractivity contribution in [2.24, 2.45) is 0 Å². The fraction of sp³-hybridized carbons (Fsp3) is 0.438. The van der Waals surface area contributed by atoms with Gasteiger partial charge in [0.2, 0.25) is 0 Å². The van der Waals surface area contributed by atoms with Crippen molar-refractivity contribution in [3.05, 3.63) is 39.2 Å². The third kappa shape index (κ3) is 2.94. The number of rotatable bonds is 2. The van der Waals surface area contributed by atoms with E-state index in [1.54, 1.807) is 6.07 Å². The van der Waals surface area contributed by atoms with Crippen LogP contribution in [0.4, 0.5) is 0 Å². The van der Waals surface area contributed by atoms with Crippen LogP contribution in [0.3, 0.4) is 0 Å². The zero-order valence-corrected chi connectivity index (χ0v) is 15.1. The summed E-state index contributed by atoms with van der Waals surface area (Å²) in [6.07, 6.45) is 1.07. The molecule has 114 valence electrons. The topological polar surface area (TPSA) is 42.7 Å². The molecule has 0 amide bonds. The largest absolute Gasteiger partial charge is 0.488 e. The monoisotopic (exact) mass is 401 g/mol. The second kappa shape index (κ2) is 5.96. The molecule has 2 heterocycles. The molecule has 0 spiro atoms. The Morgan fingerprint density at radius 2 is 2.00 bits per heavy atom. The highest BCUT2D eigenvalue weighted by atomic mass is 127. The van der Waals surface area contributed by atoms with E-state index in [-0.39, 0.29) is 35.7 Å². The van der Waals surface area contributed by atoms with Crippen molar-refractivity contribution in [1.29, 1.82) is 0 Å². The van der Waals surface area contributed by atoms with Crippen molar-refractivity contribution in [3.8, 4) is 5.75 Å². The summed E-state index contributed by atoms with van der Waals surface area (Å²) in [7, 11) is 4.08. The molecule has 5 heteroatoms. The van der Waals surface area contributed by atoms with Gasteiger partial charge < -0.3 is 14.1 Å². The normalized spacial score (nSPS) is 16.7. The van der Waals surface area contributed by atoms with Crippen molar-refractivity contribution in [1.82, 2.24) is 4.90 Å². The minimum Gasteiger partial charge on any atom is -0.488 e. The zero-order valence-electron chi connectivity index (χ0n) is 12.7. The molecule has 4 nitrogen and oxygen atoms in total. The van der Waals surface area contributed by atoms with E-state index >= 15 is 0 Å². The quantitative estimate of drug-likeness (QED) is 0.574. The van der Waals surface area contributed by atoms with Crippen LogP contribution in [0.2, 0.25) is 0 Å². The summed E-state index contributed by atoms with van der Waals surface area (Å²) in [5.74, 6) is 0.887.